The van der Waals surface area contributed by atoms with Crippen LogP contribution in [0.4, 0.5) is 0 Å². The summed E-state index contributed by atoms with van der Waals surface area (Å²) in [6.45, 7) is 1.95. The van der Waals surface area contributed by atoms with Gasteiger partial charge in [0.25, 0.3) is 0 Å². The zero-order valence-corrected chi connectivity index (χ0v) is 9.26. The Morgan fingerprint density at radius 3 is 2.69 bits per heavy atom. The van der Waals surface area contributed by atoms with Crippen molar-refractivity contribution in [3.05, 3.63) is 35.4 Å². The first-order chi connectivity index (χ1) is 7.59. The molecule has 1 heterocycles. The number of hydrogen-bond acceptors (Lipinski definition) is 3. The van der Waals surface area contributed by atoms with E-state index in [1.807, 2.05) is 24.3 Å². The topological polar surface area (TPSA) is 66.6 Å². The number of nitrogens with zero attached hydrogens (tertiary/aromatic N) is 1. The van der Waals surface area contributed by atoms with Crippen LogP contribution < -0.4 is 5.73 Å². The summed E-state index contributed by atoms with van der Waals surface area (Å²) < 4.78 is 0. The van der Waals surface area contributed by atoms with Crippen molar-refractivity contribution in [2.24, 2.45) is 5.73 Å². The molecule has 1 saturated heterocycles. The van der Waals surface area contributed by atoms with Crippen molar-refractivity contribution >= 4 is 5.97 Å². The molecule has 16 heavy (non-hydrogen) atoms. The predicted molar refractivity (Wildman–Crippen MR) is 61.2 cm³/mol. The molecule has 4 heteroatoms. The number of aliphatic carboxylic acids is 1. The molecular formula is C12H16N2O2. The lowest BCUT2D eigenvalue weighted by atomic mass is 9.86. The van der Waals surface area contributed by atoms with Crippen LogP contribution in [-0.2, 0) is 4.79 Å². The van der Waals surface area contributed by atoms with Gasteiger partial charge in [-0.3, -0.25) is 4.79 Å². The van der Waals surface area contributed by atoms with E-state index in [1.54, 1.807) is 0 Å². The van der Waals surface area contributed by atoms with E-state index in [-0.39, 0.29) is 0 Å². The third-order valence-electron chi connectivity index (χ3n) is 3.10. The minimum atomic E-state index is -0.972. The van der Waals surface area contributed by atoms with Crippen LogP contribution in [0.15, 0.2) is 24.3 Å². The van der Waals surface area contributed by atoms with Gasteiger partial charge in [0, 0.05) is 19.0 Å². The van der Waals surface area contributed by atoms with Crippen LogP contribution in [0.1, 0.15) is 23.1 Å². The lowest BCUT2D eigenvalue weighted by Crippen LogP contribution is -2.42. The van der Waals surface area contributed by atoms with Crippen molar-refractivity contribution in [2.45, 2.75) is 12.0 Å². The highest BCUT2D eigenvalue weighted by Gasteiger charge is 2.29. The minimum Gasteiger partial charge on any atom is -0.480 e. The van der Waals surface area contributed by atoms with Crippen LogP contribution in [-0.4, -0.2) is 36.1 Å². The van der Waals surface area contributed by atoms with E-state index in [2.05, 4.69) is 11.9 Å². The number of benzene rings is 1. The van der Waals surface area contributed by atoms with E-state index in [9.17, 15) is 4.79 Å². The summed E-state index contributed by atoms with van der Waals surface area (Å²) in [5.74, 6) is -0.549. The number of nitrogens with two attached hydrogens (primary N) is 1. The fourth-order valence-electron chi connectivity index (χ4n) is 2.19. The minimum absolute atomic E-state index is 0.423. The molecule has 0 radical (unpaired) electrons. The molecule has 1 unspecified atom stereocenters. The van der Waals surface area contributed by atoms with E-state index in [0.717, 1.165) is 24.2 Å². The molecular weight excluding hydrogens is 204 g/mol. The van der Waals surface area contributed by atoms with Crippen molar-refractivity contribution in [3.63, 3.8) is 0 Å². The van der Waals surface area contributed by atoms with E-state index in [0.29, 0.717) is 5.92 Å². The molecule has 2 rings (SSSR count). The SMILES string of the molecule is CN1CC(c2ccccc2C(N)C(=O)O)C1. The third-order valence-corrected chi connectivity index (χ3v) is 3.10. The molecule has 0 spiro atoms. The maximum atomic E-state index is 10.9. The number of likely N-dealkylation sites (N-methyl/N-ethyl adjacent to an activating group) is 1. The Bertz CT molecular complexity index is 400. The van der Waals surface area contributed by atoms with Gasteiger partial charge >= 0.3 is 5.97 Å². The summed E-state index contributed by atoms with van der Waals surface area (Å²) in [5, 5.41) is 8.95. The summed E-state index contributed by atoms with van der Waals surface area (Å²) in [4.78, 5) is 13.1. The standard InChI is InChI=1S/C12H16N2O2/c1-14-6-8(7-14)9-4-2-3-5-10(9)11(13)12(15)16/h2-5,8,11H,6-7,13H2,1H3,(H,15,16). The Labute approximate surface area is 94.7 Å². The number of rotatable bonds is 3. The molecule has 1 aromatic carbocycles. The molecule has 1 fully saturated rings. The summed E-state index contributed by atoms with van der Waals surface area (Å²) >= 11 is 0. The Hall–Kier alpha value is -1.39. The first kappa shape index (κ1) is 11.1. The molecule has 1 atom stereocenters. The lowest BCUT2D eigenvalue weighted by Gasteiger charge is -2.37. The summed E-state index contributed by atoms with van der Waals surface area (Å²) in [6.07, 6.45) is 0. The summed E-state index contributed by atoms with van der Waals surface area (Å²) in [7, 11) is 2.05. The lowest BCUT2D eigenvalue weighted by molar-refractivity contribution is -0.138. The molecule has 3 N–H and O–H groups in total. The Kier molecular flexibility index (Phi) is 2.94. The molecule has 1 aliphatic rings. The van der Waals surface area contributed by atoms with E-state index >= 15 is 0 Å². The van der Waals surface area contributed by atoms with Gasteiger partial charge < -0.3 is 15.7 Å². The fraction of sp³-hybridized carbons (Fsp3) is 0.417. The second-order valence-electron chi connectivity index (χ2n) is 4.36. The van der Waals surface area contributed by atoms with Gasteiger partial charge in [0.1, 0.15) is 6.04 Å². The molecule has 1 aliphatic heterocycles. The fourth-order valence-corrected chi connectivity index (χ4v) is 2.19. The Morgan fingerprint density at radius 1 is 1.50 bits per heavy atom. The third kappa shape index (κ3) is 1.94. The van der Waals surface area contributed by atoms with Crippen molar-refractivity contribution in [2.75, 3.05) is 20.1 Å². The second-order valence-corrected chi connectivity index (χ2v) is 4.36. The van der Waals surface area contributed by atoms with Gasteiger partial charge in [-0.1, -0.05) is 24.3 Å². The number of carboxylic acids is 1. The molecule has 0 aliphatic carbocycles. The molecule has 0 saturated carbocycles. The normalized spacial score (nSPS) is 19.1. The monoisotopic (exact) mass is 220 g/mol. The van der Waals surface area contributed by atoms with Crippen molar-refractivity contribution in [1.82, 2.24) is 4.90 Å². The number of carboxylic acid groups (broad SMARTS) is 1. The first-order valence-electron chi connectivity index (χ1n) is 5.35. The highest BCUT2D eigenvalue weighted by Crippen LogP contribution is 2.30. The van der Waals surface area contributed by atoms with Gasteiger partial charge in [-0.15, -0.1) is 0 Å². The maximum absolute atomic E-state index is 10.9. The van der Waals surface area contributed by atoms with Crippen LogP contribution in [0.5, 0.6) is 0 Å². The van der Waals surface area contributed by atoms with Crippen LogP contribution in [0.2, 0.25) is 0 Å². The number of carbonyl (C=O) groups is 1. The van der Waals surface area contributed by atoms with Gasteiger partial charge in [-0.2, -0.15) is 0 Å². The highest BCUT2D eigenvalue weighted by atomic mass is 16.4. The van der Waals surface area contributed by atoms with Crippen LogP contribution in [0.3, 0.4) is 0 Å². The first-order valence-corrected chi connectivity index (χ1v) is 5.35. The van der Waals surface area contributed by atoms with Crippen LogP contribution in [0.25, 0.3) is 0 Å². The second kappa shape index (κ2) is 4.23. The van der Waals surface area contributed by atoms with Crippen LogP contribution >= 0.6 is 0 Å². The molecule has 1 aromatic rings. The summed E-state index contributed by atoms with van der Waals surface area (Å²) in [6, 6.07) is 6.65. The van der Waals surface area contributed by atoms with Crippen LogP contribution in [0, 0.1) is 0 Å². The van der Waals surface area contributed by atoms with E-state index < -0.39 is 12.0 Å². The Morgan fingerprint density at radius 2 is 2.12 bits per heavy atom. The maximum Gasteiger partial charge on any atom is 0.325 e. The van der Waals surface area contributed by atoms with E-state index in [4.69, 9.17) is 10.8 Å². The van der Waals surface area contributed by atoms with Crippen molar-refractivity contribution in [3.8, 4) is 0 Å². The van der Waals surface area contributed by atoms with Crippen molar-refractivity contribution in [1.29, 1.82) is 0 Å². The average molecular weight is 220 g/mol. The molecule has 4 nitrogen and oxygen atoms in total. The number of likely N-dealkylation sites (tertiary alicyclic amines) is 1. The highest BCUT2D eigenvalue weighted by molar-refractivity contribution is 5.75. The average Bonchev–Trinajstić information content (AvgIpc) is 2.24. The van der Waals surface area contributed by atoms with Gasteiger partial charge in [0.15, 0.2) is 0 Å². The molecule has 0 aromatic heterocycles. The largest absolute Gasteiger partial charge is 0.480 e. The quantitative estimate of drug-likeness (QED) is 0.790. The number of hydrogen-bond donors (Lipinski definition) is 2. The van der Waals surface area contributed by atoms with Gasteiger partial charge in [-0.25, -0.2) is 0 Å². The van der Waals surface area contributed by atoms with Gasteiger partial charge in [0.05, 0.1) is 0 Å². The molecule has 86 valence electrons. The van der Waals surface area contributed by atoms with E-state index in [1.165, 1.54) is 0 Å². The Balaban J connectivity index is 2.27. The van der Waals surface area contributed by atoms with Gasteiger partial charge in [-0.05, 0) is 18.2 Å². The molecule has 0 amide bonds. The zero-order valence-electron chi connectivity index (χ0n) is 9.26. The van der Waals surface area contributed by atoms with Gasteiger partial charge in [0.2, 0.25) is 0 Å². The predicted octanol–water partition coefficient (Wildman–Crippen LogP) is 0.800. The smallest absolute Gasteiger partial charge is 0.325 e. The van der Waals surface area contributed by atoms with Crippen molar-refractivity contribution < 1.29 is 9.90 Å². The molecule has 0 bridgehead atoms. The zero-order chi connectivity index (χ0) is 11.7. The summed E-state index contributed by atoms with van der Waals surface area (Å²) in [5.41, 5.74) is 7.50.